The fraction of sp³-hybridized carbons (Fsp3) is 0.765. The highest BCUT2D eigenvalue weighted by Crippen LogP contribution is 2.41. The van der Waals surface area contributed by atoms with Crippen molar-refractivity contribution in [1.82, 2.24) is 14.9 Å². The van der Waals surface area contributed by atoms with Gasteiger partial charge in [-0.3, -0.25) is 0 Å². The van der Waals surface area contributed by atoms with Crippen molar-refractivity contribution in [3.63, 3.8) is 0 Å². The van der Waals surface area contributed by atoms with Crippen molar-refractivity contribution >= 4 is 15.8 Å². The quantitative estimate of drug-likeness (QED) is 0.867. The SMILES string of the molecule is O=S1(=O)Cc2cnc(NCC3CC3)nc2[C@H]2CN(CC3CC3)C[C@H]21. The second kappa shape index (κ2) is 5.39. The Labute approximate surface area is 143 Å². The molecule has 5 rings (SSSR count). The molecule has 2 saturated carbocycles. The lowest BCUT2D eigenvalue weighted by Crippen LogP contribution is -2.35. The van der Waals surface area contributed by atoms with Crippen LogP contribution >= 0.6 is 0 Å². The van der Waals surface area contributed by atoms with Crippen molar-refractivity contribution in [2.75, 3.05) is 31.5 Å². The van der Waals surface area contributed by atoms with Crippen LogP contribution < -0.4 is 5.32 Å². The zero-order chi connectivity index (χ0) is 16.3. The van der Waals surface area contributed by atoms with Gasteiger partial charge in [-0.25, -0.2) is 18.4 Å². The Hall–Kier alpha value is -1.21. The molecule has 6 nitrogen and oxygen atoms in total. The second-order valence-electron chi connectivity index (χ2n) is 8.04. The van der Waals surface area contributed by atoms with Gasteiger partial charge in [0.25, 0.3) is 0 Å². The summed E-state index contributed by atoms with van der Waals surface area (Å²) in [6, 6.07) is 0. The molecule has 1 saturated heterocycles. The number of fused-ring (bicyclic) bond motifs is 3. The molecule has 0 spiro atoms. The van der Waals surface area contributed by atoms with Crippen molar-refractivity contribution in [2.45, 2.75) is 42.6 Å². The summed E-state index contributed by atoms with van der Waals surface area (Å²) in [5.74, 6) is 2.33. The maximum absolute atomic E-state index is 12.7. The molecule has 24 heavy (non-hydrogen) atoms. The molecule has 0 bridgehead atoms. The first kappa shape index (κ1) is 15.1. The van der Waals surface area contributed by atoms with E-state index in [0.29, 0.717) is 12.5 Å². The molecular formula is C17H24N4O2S. The van der Waals surface area contributed by atoms with Gasteiger partial charge in [0.15, 0.2) is 9.84 Å². The van der Waals surface area contributed by atoms with Gasteiger partial charge in [-0.05, 0) is 37.5 Å². The van der Waals surface area contributed by atoms with Crippen LogP contribution in [0.1, 0.15) is 42.9 Å². The smallest absolute Gasteiger partial charge is 0.222 e. The van der Waals surface area contributed by atoms with Gasteiger partial charge in [-0.15, -0.1) is 0 Å². The third-order valence-electron chi connectivity index (χ3n) is 5.87. The van der Waals surface area contributed by atoms with Gasteiger partial charge in [0.05, 0.1) is 16.7 Å². The number of aromatic nitrogens is 2. The molecule has 3 heterocycles. The van der Waals surface area contributed by atoms with E-state index in [-0.39, 0.29) is 16.9 Å². The molecule has 1 N–H and O–H groups in total. The zero-order valence-corrected chi connectivity index (χ0v) is 14.6. The van der Waals surface area contributed by atoms with E-state index in [9.17, 15) is 8.42 Å². The Morgan fingerprint density at radius 1 is 1.17 bits per heavy atom. The van der Waals surface area contributed by atoms with Crippen LogP contribution in [0.3, 0.4) is 0 Å². The first-order valence-corrected chi connectivity index (χ1v) is 10.8. The van der Waals surface area contributed by atoms with Gasteiger partial charge in [-0.2, -0.15) is 0 Å². The molecule has 3 fully saturated rings. The minimum Gasteiger partial charge on any atom is -0.354 e. The molecule has 4 aliphatic rings. The molecule has 7 heteroatoms. The highest BCUT2D eigenvalue weighted by molar-refractivity contribution is 7.91. The lowest BCUT2D eigenvalue weighted by atomic mass is 10.00. The number of anilines is 1. The molecule has 1 aromatic heterocycles. The highest BCUT2D eigenvalue weighted by atomic mass is 32.2. The van der Waals surface area contributed by atoms with Crippen LogP contribution in [0.25, 0.3) is 0 Å². The first-order chi connectivity index (χ1) is 11.6. The van der Waals surface area contributed by atoms with Crippen molar-refractivity contribution in [1.29, 1.82) is 0 Å². The Morgan fingerprint density at radius 3 is 2.71 bits per heavy atom. The number of nitrogens with one attached hydrogen (secondary N) is 1. The molecule has 0 amide bonds. The van der Waals surface area contributed by atoms with Crippen LogP contribution in [-0.4, -0.2) is 54.7 Å². The summed E-state index contributed by atoms with van der Waals surface area (Å²) >= 11 is 0. The Bertz CT molecular complexity index is 758. The van der Waals surface area contributed by atoms with Gasteiger partial charge in [0.2, 0.25) is 5.95 Å². The maximum atomic E-state index is 12.7. The number of likely N-dealkylation sites (tertiary alicyclic amines) is 1. The minimum atomic E-state index is -3.09. The number of nitrogens with zero attached hydrogens (tertiary/aromatic N) is 3. The van der Waals surface area contributed by atoms with Crippen LogP contribution in [-0.2, 0) is 15.6 Å². The largest absolute Gasteiger partial charge is 0.354 e. The standard InChI is InChI=1S/C17H24N4O2S/c22-24(23)10-13-6-19-17(18-5-11-1-2-11)20-16(13)14-8-21(9-15(14)24)7-12-3-4-12/h6,11-12,14-15H,1-5,7-10H2,(H,18,19,20)/t14-,15+/m0/s1. The summed E-state index contributed by atoms with van der Waals surface area (Å²) in [6.45, 7) is 3.49. The normalized spacial score (nSPS) is 31.5. The van der Waals surface area contributed by atoms with E-state index in [1.54, 1.807) is 6.20 Å². The molecule has 2 atom stereocenters. The van der Waals surface area contributed by atoms with Gasteiger partial charge in [0.1, 0.15) is 0 Å². The fourth-order valence-electron chi connectivity index (χ4n) is 4.11. The lowest BCUT2D eigenvalue weighted by Gasteiger charge is -2.26. The van der Waals surface area contributed by atoms with E-state index >= 15 is 0 Å². The lowest BCUT2D eigenvalue weighted by molar-refractivity contribution is 0.320. The molecule has 130 valence electrons. The molecular weight excluding hydrogens is 324 g/mol. The van der Waals surface area contributed by atoms with Crippen molar-refractivity contribution in [2.24, 2.45) is 11.8 Å². The predicted octanol–water partition coefficient (Wildman–Crippen LogP) is 1.40. The fourth-order valence-corrected chi connectivity index (χ4v) is 6.14. The summed E-state index contributed by atoms with van der Waals surface area (Å²) in [5, 5.41) is 3.04. The van der Waals surface area contributed by atoms with E-state index in [1.165, 1.54) is 25.7 Å². The third-order valence-corrected chi connectivity index (χ3v) is 7.98. The number of hydrogen-bond acceptors (Lipinski definition) is 6. The van der Waals surface area contributed by atoms with E-state index in [4.69, 9.17) is 4.98 Å². The monoisotopic (exact) mass is 348 g/mol. The van der Waals surface area contributed by atoms with Crippen LogP contribution in [0.4, 0.5) is 5.95 Å². The van der Waals surface area contributed by atoms with Crippen molar-refractivity contribution in [3.8, 4) is 0 Å². The minimum absolute atomic E-state index is 0.0157. The number of hydrogen-bond donors (Lipinski definition) is 1. The second-order valence-corrected chi connectivity index (χ2v) is 10.3. The molecule has 0 aromatic carbocycles. The Kier molecular flexibility index (Phi) is 3.39. The van der Waals surface area contributed by atoms with Gasteiger partial charge in [-0.1, -0.05) is 0 Å². The zero-order valence-electron chi connectivity index (χ0n) is 13.8. The molecule has 2 aliphatic heterocycles. The van der Waals surface area contributed by atoms with E-state index in [0.717, 1.165) is 42.7 Å². The third kappa shape index (κ3) is 2.81. The van der Waals surface area contributed by atoms with E-state index in [2.05, 4.69) is 15.2 Å². The Balaban J connectivity index is 1.42. The van der Waals surface area contributed by atoms with Gasteiger partial charge in [0, 0.05) is 43.9 Å². The van der Waals surface area contributed by atoms with E-state index in [1.807, 2.05) is 0 Å². The van der Waals surface area contributed by atoms with Crippen LogP contribution in [0, 0.1) is 11.8 Å². The first-order valence-electron chi connectivity index (χ1n) is 9.12. The molecule has 0 unspecified atom stereocenters. The number of rotatable bonds is 5. The molecule has 1 aromatic rings. The number of sulfone groups is 1. The maximum Gasteiger partial charge on any atom is 0.222 e. The van der Waals surface area contributed by atoms with Gasteiger partial charge < -0.3 is 10.2 Å². The Morgan fingerprint density at radius 2 is 1.96 bits per heavy atom. The summed E-state index contributed by atoms with van der Waals surface area (Å²) in [7, 11) is -3.09. The summed E-state index contributed by atoms with van der Waals surface area (Å²) in [6.07, 6.45) is 6.90. The van der Waals surface area contributed by atoms with Crippen molar-refractivity contribution < 1.29 is 8.42 Å². The van der Waals surface area contributed by atoms with Crippen molar-refractivity contribution in [3.05, 3.63) is 17.5 Å². The molecule has 0 radical (unpaired) electrons. The average molecular weight is 348 g/mol. The molecule has 2 aliphatic carbocycles. The van der Waals surface area contributed by atoms with Crippen LogP contribution in [0.15, 0.2) is 6.20 Å². The van der Waals surface area contributed by atoms with Crippen LogP contribution in [0.5, 0.6) is 0 Å². The topological polar surface area (TPSA) is 75.2 Å². The van der Waals surface area contributed by atoms with E-state index < -0.39 is 9.84 Å². The summed E-state index contributed by atoms with van der Waals surface area (Å²) in [4.78, 5) is 11.4. The van der Waals surface area contributed by atoms with Gasteiger partial charge >= 0.3 is 0 Å². The average Bonchev–Trinajstić information content (AvgIpc) is 3.45. The summed E-state index contributed by atoms with van der Waals surface area (Å²) < 4.78 is 25.4. The summed E-state index contributed by atoms with van der Waals surface area (Å²) in [5.41, 5.74) is 1.78. The van der Waals surface area contributed by atoms with Crippen LogP contribution in [0.2, 0.25) is 0 Å². The predicted molar refractivity (Wildman–Crippen MR) is 91.6 cm³/mol. The highest BCUT2D eigenvalue weighted by Gasteiger charge is 2.48.